The van der Waals surface area contributed by atoms with E-state index in [0.29, 0.717) is 11.4 Å². The minimum atomic E-state index is -0.600. The first-order chi connectivity index (χ1) is 9.38. The fourth-order valence-corrected chi connectivity index (χ4v) is 2.11. The molecular weight excluding hydrogens is 258 g/mol. The average Bonchev–Trinajstić information content (AvgIpc) is 2.35. The number of amides is 1. The van der Waals surface area contributed by atoms with Crippen LogP contribution in [0.1, 0.15) is 26.3 Å². The Balaban J connectivity index is 2.29. The zero-order valence-electron chi connectivity index (χ0n) is 12.2. The van der Waals surface area contributed by atoms with E-state index >= 15 is 0 Å². The van der Waals surface area contributed by atoms with Gasteiger partial charge in [-0.15, -0.1) is 0 Å². The van der Waals surface area contributed by atoms with E-state index < -0.39 is 12.1 Å². The summed E-state index contributed by atoms with van der Waals surface area (Å²) in [4.78, 5) is 25.5. The molecule has 1 aliphatic rings. The maximum absolute atomic E-state index is 12.2. The number of anilines is 1. The molecule has 0 aromatic heterocycles. The summed E-state index contributed by atoms with van der Waals surface area (Å²) in [6, 6.07) is 5.56. The molecule has 0 fully saturated rings. The van der Waals surface area contributed by atoms with Crippen LogP contribution in [-0.2, 0) is 14.3 Å². The molecule has 0 saturated heterocycles. The first kappa shape index (κ1) is 14.4. The summed E-state index contributed by atoms with van der Waals surface area (Å²) in [5.41, 5.74) is 1.62. The second-order valence-corrected chi connectivity index (χ2v) is 5.19. The Morgan fingerprint density at radius 1 is 1.45 bits per heavy atom. The van der Waals surface area contributed by atoms with Crippen molar-refractivity contribution in [1.82, 2.24) is 0 Å². The van der Waals surface area contributed by atoms with Crippen molar-refractivity contribution in [3.8, 4) is 5.75 Å². The van der Waals surface area contributed by atoms with Gasteiger partial charge in [0.05, 0.1) is 11.8 Å². The maximum atomic E-state index is 12.2. The highest BCUT2D eigenvalue weighted by molar-refractivity contribution is 6.03. The van der Waals surface area contributed by atoms with Gasteiger partial charge in [0.1, 0.15) is 12.3 Å². The van der Waals surface area contributed by atoms with Crippen molar-refractivity contribution in [3.05, 3.63) is 23.8 Å². The minimum Gasteiger partial charge on any atom is -0.479 e. The Hall–Kier alpha value is -2.04. The van der Waals surface area contributed by atoms with Gasteiger partial charge in [-0.25, -0.2) is 0 Å². The number of fused-ring (bicyclic) bond motifs is 1. The number of nitrogens with zero attached hydrogens (tertiary/aromatic N) is 1. The maximum Gasteiger partial charge on any atom is 0.326 e. The Morgan fingerprint density at radius 3 is 2.80 bits per heavy atom. The van der Waals surface area contributed by atoms with Crippen LogP contribution in [0.5, 0.6) is 5.75 Å². The lowest BCUT2D eigenvalue weighted by molar-refractivity contribution is -0.146. The fourth-order valence-electron chi connectivity index (χ4n) is 2.11. The standard InChI is InChI=1S/C15H19NO4/c1-9(2)19-14(17)8-16-12-7-10(3)5-6-13(12)20-11(4)15(16)18/h5-7,9,11H,8H2,1-4H3/t11-/m1/s1. The number of carbonyl (C=O) groups excluding carboxylic acids is 2. The number of aryl methyl sites for hydroxylation is 1. The fraction of sp³-hybridized carbons (Fsp3) is 0.467. The van der Waals surface area contributed by atoms with E-state index in [1.165, 1.54) is 4.90 Å². The van der Waals surface area contributed by atoms with Gasteiger partial charge in [-0.05, 0) is 45.4 Å². The monoisotopic (exact) mass is 277 g/mol. The Bertz CT molecular complexity index is 539. The van der Waals surface area contributed by atoms with Gasteiger partial charge < -0.3 is 9.47 Å². The van der Waals surface area contributed by atoms with E-state index in [1.807, 2.05) is 25.1 Å². The van der Waals surface area contributed by atoms with Crippen LogP contribution in [0.2, 0.25) is 0 Å². The molecule has 0 saturated carbocycles. The highest BCUT2D eigenvalue weighted by Gasteiger charge is 2.33. The summed E-state index contributed by atoms with van der Waals surface area (Å²) in [7, 11) is 0. The lowest BCUT2D eigenvalue weighted by Crippen LogP contribution is -2.47. The molecule has 2 rings (SSSR count). The Labute approximate surface area is 118 Å². The van der Waals surface area contributed by atoms with E-state index in [4.69, 9.17) is 9.47 Å². The van der Waals surface area contributed by atoms with Crippen LogP contribution in [0.4, 0.5) is 5.69 Å². The second-order valence-electron chi connectivity index (χ2n) is 5.19. The average molecular weight is 277 g/mol. The SMILES string of the molecule is Cc1ccc2c(c1)N(CC(=O)OC(C)C)C(=O)[C@@H](C)O2. The van der Waals surface area contributed by atoms with Gasteiger partial charge in [0, 0.05) is 0 Å². The van der Waals surface area contributed by atoms with Crippen LogP contribution < -0.4 is 9.64 Å². The number of carbonyl (C=O) groups is 2. The predicted octanol–water partition coefficient (Wildman–Crippen LogP) is 2.06. The zero-order valence-corrected chi connectivity index (χ0v) is 12.2. The normalized spacial score (nSPS) is 17.8. The third-order valence-electron chi connectivity index (χ3n) is 2.98. The molecule has 1 aromatic rings. The molecule has 0 bridgehead atoms. The van der Waals surface area contributed by atoms with Crippen molar-refractivity contribution < 1.29 is 19.1 Å². The predicted molar refractivity (Wildman–Crippen MR) is 74.9 cm³/mol. The Morgan fingerprint density at radius 2 is 2.15 bits per heavy atom. The molecular formula is C15H19NO4. The number of hydrogen-bond acceptors (Lipinski definition) is 4. The molecule has 1 aromatic carbocycles. The van der Waals surface area contributed by atoms with E-state index in [0.717, 1.165) is 5.56 Å². The van der Waals surface area contributed by atoms with Gasteiger partial charge >= 0.3 is 5.97 Å². The largest absolute Gasteiger partial charge is 0.479 e. The summed E-state index contributed by atoms with van der Waals surface area (Å²) >= 11 is 0. The molecule has 1 aliphatic heterocycles. The third kappa shape index (κ3) is 2.92. The summed E-state index contributed by atoms with van der Waals surface area (Å²) in [6.07, 6.45) is -0.801. The Kier molecular flexibility index (Phi) is 3.97. The minimum absolute atomic E-state index is 0.0961. The van der Waals surface area contributed by atoms with Gasteiger partial charge in [0.2, 0.25) is 0 Å². The molecule has 108 valence electrons. The van der Waals surface area contributed by atoms with Crippen molar-refractivity contribution in [2.24, 2.45) is 0 Å². The molecule has 5 heteroatoms. The molecule has 0 unspecified atom stereocenters. The van der Waals surface area contributed by atoms with Crippen LogP contribution >= 0.6 is 0 Å². The molecule has 0 N–H and O–H groups in total. The van der Waals surface area contributed by atoms with Gasteiger partial charge in [-0.1, -0.05) is 6.07 Å². The van der Waals surface area contributed by atoms with Gasteiger partial charge in [-0.3, -0.25) is 14.5 Å². The van der Waals surface area contributed by atoms with Gasteiger partial charge in [-0.2, -0.15) is 0 Å². The highest BCUT2D eigenvalue weighted by atomic mass is 16.5. The van der Waals surface area contributed by atoms with Crippen LogP contribution in [0, 0.1) is 6.92 Å². The molecule has 1 atom stereocenters. The van der Waals surface area contributed by atoms with Crippen LogP contribution in [-0.4, -0.2) is 30.6 Å². The smallest absolute Gasteiger partial charge is 0.326 e. The molecule has 0 spiro atoms. The lowest BCUT2D eigenvalue weighted by Gasteiger charge is -2.32. The lowest BCUT2D eigenvalue weighted by atomic mass is 10.1. The van der Waals surface area contributed by atoms with Gasteiger partial charge in [0.25, 0.3) is 5.91 Å². The van der Waals surface area contributed by atoms with Crippen molar-refractivity contribution in [2.45, 2.75) is 39.9 Å². The van der Waals surface area contributed by atoms with E-state index in [2.05, 4.69) is 0 Å². The van der Waals surface area contributed by atoms with Crippen molar-refractivity contribution in [1.29, 1.82) is 0 Å². The number of hydrogen-bond donors (Lipinski definition) is 0. The van der Waals surface area contributed by atoms with E-state index in [-0.39, 0.29) is 18.6 Å². The zero-order chi connectivity index (χ0) is 14.9. The summed E-state index contributed by atoms with van der Waals surface area (Å²) < 4.78 is 10.7. The second kappa shape index (κ2) is 5.53. The topological polar surface area (TPSA) is 55.8 Å². The number of rotatable bonds is 3. The summed E-state index contributed by atoms with van der Waals surface area (Å²) in [5, 5.41) is 0. The summed E-state index contributed by atoms with van der Waals surface area (Å²) in [5.74, 6) is -0.0428. The van der Waals surface area contributed by atoms with Crippen LogP contribution in [0.3, 0.4) is 0 Å². The van der Waals surface area contributed by atoms with E-state index in [1.54, 1.807) is 20.8 Å². The molecule has 0 aliphatic carbocycles. The first-order valence-corrected chi connectivity index (χ1v) is 6.66. The molecule has 1 heterocycles. The molecule has 1 amide bonds. The summed E-state index contributed by atoms with van der Waals surface area (Å²) in [6.45, 7) is 7.06. The van der Waals surface area contributed by atoms with Crippen molar-refractivity contribution >= 4 is 17.6 Å². The number of esters is 1. The third-order valence-corrected chi connectivity index (χ3v) is 2.98. The quantitative estimate of drug-likeness (QED) is 0.794. The number of ether oxygens (including phenoxy) is 2. The molecule has 5 nitrogen and oxygen atoms in total. The van der Waals surface area contributed by atoms with E-state index in [9.17, 15) is 9.59 Å². The van der Waals surface area contributed by atoms with Gasteiger partial charge in [0.15, 0.2) is 6.10 Å². The molecule has 0 radical (unpaired) electrons. The van der Waals surface area contributed by atoms with Crippen LogP contribution in [0.15, 0.2) is 18.2 Å². The van der Waals surface area contributed by atoms with Crippen molar-refractivity contribution in [3.63, 3.8) is 0 Å². The number of benzene rings is 1. The van der Waals surface area contributed by atoms with Crippen LogP contribution in [0.25, 0.3) is 0 Å². The highest BCUT2D eigenvalue weighted by Crippen LogP contribution is 2.34. The van der Waals surface area contributed by atoms with Crippen molar-refractivity contribution in [2.75, 3.05) is 11.4 Å². The first-order valence-electron chi connectivity index (χ1n) is 6.66. The molecule has 20 heavy (non-hydrogen) atoms.